The van der Waals surface area contributed by atoms with E-state index in [-0.39, 0.29) is 0 Å². The van der Waals surface area contributed by atoms with Crippen molar-refractivity contribution in [2.75, 3.05) is 12.8 Å². The molecule has 0 aromatic heterocycles. The summed E-state index contributed by atoms with van der Waals surface area (Å²) in [6.07, 6.45) is 0. The van der Waals surface area contributed by atoms with Gasteiger partial charge in [-0.2, -0.15) is 0 Å². The van der Waals surface area contributed by atoms with Gasteiger partial charge in [-0.3, -0.25) is 0 Å². The number of rotatable bonds is 2. The van der Waals surface area contributed by atoms with Crippen LogP contribution in [0.1, 0.15) is 25.3 Å². The average Bonchev–Trinajstić information content (AvgIpc) is 2.40. The van der Waals surface area contributed by atoms with E-state index in [1.807, 2.05) is 42.5 Å². The van der Waals surface area contributed by atoms with Crippen molar-refractivity contribution in [2.45, 2.75) is 19.8 Å². The summed E-state index contributed by atoms with van der Waals surface area (Å²) >= 11 is 0. The summed E-state index contributed by atoms with van der Waals surface area (Å²) in [5.41, 5.74) is 7.53. The van der Waals surface area contributed by atoms with Crippen LogP contribution >= 0.6 is 0 Å². The molecule has 0 fully saturated rings. The Bertz CT molecular complexity index is 434. The Kier molecular flexibility index (Phi) is 5.78. The van der Waals surface area contributed by atoms with E-state index in [9.17, 15) is 0 Å². The van der Waals surface area contributed by atoms with E-state index in [1.54, 1.807) is 7.11 Å². The Hall–Kier alpha value is -1.96. The number of ether oxygens (including phenoxy) is 1. The summed E-state index contributed by atoms with van der Waals surface area (Å²) in [6.45, 7) is 4.36. The third-order valence-electron chi connectivity index (χ3n) is 2.58. The van der Waals surface area contributed by atoms with E-state index in [0.717, 1.165) is 11.4 Å². The van der Waals surface area contributed by atoms with Crippen molar-refractivity contribution in [3.63, 3.8) is 0 Å². The lowest BCUT2D eigenvalue weighted by Gasteiger charge is -2.05. The van der Waals surface area contributed by atoms with Crippen LogP contribution in [0, 0.1) is 0 Å². The van der Waals surface area contributed by atoms with Gasteiger partial charge in [0, 0.05) is 5.69 Å². The molecule has 2 N–H and O–H groups in total. The topological polar surface area (TPSA) is 35.2 Å². The van der Waals surface area contributed by atoms with Crippen LogP contribution in [0.2, 0.25) is 0 Å². The normalized spacial score (nSPS) is 9.56. The van der Waals surface area contributed by atoms with Crippen LogP contribution in [-0.2, 0) is 0 Å². The van der Waals surface area contributed by atoms with Crippen LogP contribution in [0.5, 0.6) is 5.75 Å². The molecule has 0 aliphatic carbocycles. The third kappa shape index (κ3) is 4.91. The van der Waals surface area contributed by atoms with E-state index >= 15 is 0 Å². The summed E-state index contributed by atoms with van der Waals surface area (Å²) in [7, 11) is 1.68. The van der Waals surface area contributed by atoms with Gasteiger partial charge in [-0.05, 0) is 35.7 Å². The predicted molar refractivity (Wildman–Crippen MR) is 77.9 cm³/mol. The molecule has 2 aromatic rings. The van der Waals surface area contributed by atoms with Crippen molar-refractivity contribution in [1.82, 2.24) is 0 Å². The van der Waals surface area contributed by atoms with Gasteiger partial charge in [0.1, 0.15) is 5.75 Å². The van der Waals surface area contributed by atoms with Gasteiger partial charge in [0.2, 0.25) is 0 Å². The highest BCUT2D eigenvalue weighted by atomic mass is 16.5. The second kappa shape index (κ2) is 7.38. The van der Waals surface area contributed by atoms with Gasteiger partial charge < -0.3 is 10.5 Å². The maximum Gasteiger partial charge on any atom is 0.118 e. The monoisotopic (exact) mass is 243 g/mol. The molecule has 2 nitrogen and oxygen atoms in total. The molecule has 0 unspecified atom stereocenters. The van der Waals surface area contributed by atoms with Gasteiger partial charge in [-0.25, -0.2) is 0 Å². The summed E-state index contributed by atoms with van der Waals surface area (Å²) in [5, 5.41) is 0. The molecule has 0 bridgehead atoms. The number of benzene rings is 2. The van der Waals surface area contributed by atoms with Crippen molar-refractivity contribution in [1.29, 1.82) is 0 Å². The van der Waals surface area contributed by atoms with Crippen molar-refractivity contribution in [2.24, 2.45) is 0 Å². The first-order chi connectivity index (χ1) is 8.63. The van der Waals surface area contributed by atoms with E-state index in [0.29, 0.717) is 5.92 Å². The number of para-hydroxylation sites is 1. The summed E-state index contributed by atoms with van der Waals surface area (Å²) in [4.78, 5) is 0. The molecule has 0 saturated heterocycles. The van der Waals surface area contributed by atoms with Crippen LogP contribution in [0.25, 0.3) is 0 Å². The molecule has 96 valence electrons. The van der Waals surface area contributed by atoms with Crippen LogP contribution in [0.4, 0.5) is 5.69 Å². The number of methoxy groups -OCH3 is 1. The van der Waals surface area contributed by atoms with E-state index in [1.165, 1.54) is 5.56 Å². The maximum atomic E-state index is 5.36. The number of hydrogen-bond donors (Lipinski definition) is 1. The molecule has 0 aliphatic heterocycles. The van der Waals surface area contributed by atoms with Crippen LogP contribution in [-0.4, -0.2) is 7.11 Å². The Morgan fingerprint density at radius 1 is 0.889 bits per heavy atom. The molecule has 0 atom stereocenters. The second-order valence-electron chi connectivity index (χ2n) is 4.34. The molecule has 0 saturated carbocycles. The van der Waals surface area contributed by atoms with Crippen molar-refractivity contribution >= 4 is 5.69 Å². The zero-order valence-electron chi connectivity index (χ0n) is 11.3. The summed E-state index contributed by atoms with van der Waals surface area (Å²) < 4.78 is 5.05. The Balaban J connectivity index is 0.000000199. The molecule has 0 heterocycles. The minimum absolute atomic E-state index is 0.598. The Morgan fingerprint density at radius 2 is 1.44 bits per heavy atom. The van der Waals surface area contributed by atoms with Crippen LogP contribution in [0.3, 0.4) is 0 Å². The highest BCUT2D eigenvalue weighted by Gasteiger charge is 1.97. The lowest BCUT2D eigenvalue weighted by Crippen LogP contribution is -1.87. The molecule has 2 aromatic carbocycles. The molecular weight excluding hydrogens is 222 g/mol. The SMILES string of the molecule is COc1ccc(C(C)C)cc1.Nc1ccccc1. The molecule has 2 rings (SSSR count). The first kappa shape index (κ1) is 14.1. The number of nitrogens with two attached hydrogens (primary N) is 1. The minimum atomic E-state index is 0.598. The minimum Gasteiger partial charge on any atom is -0.497 e. The molecular formula is C16H21NO. The molecule has 18 heavy (non-hydrogen) atoms. The molecule has 2 heteroatoms. The first-order valence-electron chi connectivity index (χ1n) is 6.08. The van der Waals surface area contributed by atoms with Gasteiger partial charge in [0.25, 0.3) is 0 Å². The maximum absolute atomic E-state index is 5.36. The third-order valence-corrected chi connectivity index (χ3v) is 2.58. The molecule has 0 aliphatic rings. The number of anilines is 1. The Morgan fingerprint density at radius 3 is 1.78 bits per heavy atom. The van der Waals surface area contributed by atoms with Gasteiger partial charge in [-0.15, -0.1) is 0 Å². The molecule has 0 amide bonds. The van der Waals surface area contributed by atoms with Gasteiger partial charge in [0.15, 0.2) is 0 Å². The summed E-state index contributed by atoms with van der Waals surface area (Å²) in [6, 6.07) is 17.7. The summed E-state index contributed by atoms with van der Waals surface area (Å²) in [5.74, 6) is 1.52. The largest absolute Gasteiger partial charge is 0.497 e. The van der Waals surface area contributed by atoms with E-state index in [4.69, 9.17) is 10.5 Å². The smallest absolute Gasteiger partial charge is 0.118 e. The fourth-order valence-electron chi connectivity index (χ4n) is 1.44. The number of nitrogen functional groups attached to an aromatic ring is 1. The van der Waals surface area contributed by atoms with Crippen molar-refractivity contribution < 1.29 is 4.74 Å². The number of hydrogen-bond acceptors (Lipinski definition) is 2. The Labute approximate surface area is 109 Å². The van der Waals surface area contributed by atoms with Gasteiger partial charge in [0.05, 0.1) is 7.11 Å². The van der Waals surface area contributed by atoms with Gasteiger partial charge in [-0.1, -0.05) is 44.2 Å². The lowest BCUT2D eigenvalue weighted by atomic mass is 10.0. The van der Waals surface area contributed by atoms with E-state index < -0.39 is 0 Å². The van der Waals surface area contributed by atoms with Crippen molar-refractivity contribution in [3.8, 4) is 5.75 Å². The highest BCUT2D eigenvalue weighted by molar-refractivity contribution is 5.35. The molecule has 0 radical (unpaired) electrons. The standard InChI is InChI=1S/C10H14O.C6H7N/c1-8(2)9-4-6-10(11-3)7-5-9;7-6-4-2-1-3-5-6/h4-8H,1-3H3;1-5H,7H2. The molecule has 0 spiro atoms. The fraction of sp³-hybridized carbons (Fsp3) is 0.250. The predicted octanol–water partition coefficient (Wildman–Crippen LogP) is 4.09. The lowest BCUT2D eigenvalue weighted by molar-refractivity contribution is 0.414. The van der Waals surface area contributed by atoms with Gasteiger partial charge >= 0.3 is 0 Å². The second-order valence-corrected chi connectivity index (χ2v) is 4.34. The zero-order valence-corrected chi connectivity index (χ0v) is 11.3. The fourth-order valence-corrected chi connectivity index (χ4v) is 1.44. The highest BCUT2D eigenvalue weighted by Crippen LogP contribution is 2.17. The first-order valence-corrected chi connectivity index (χ1v) is 6.08. The zero-order chi connectivity index (χ0) is 13.4. The van der Waals surface area contributed by atoms with Crippen molar-refractivity contribution in [3.05, 3.63) is 60.2 Å². The van der Waals surface area contributed by atoms with E-state index in [2.05, 4.69) is 26.0 Å². The van der Waals surface area contributed by atoms with Crippen LogP contribution in [0.15, 0.2) is 54.6 Å². The average molecular weight is 243 g/mol. The quantitative estimate of drug-likeness (QED) is 0.806. The van der Waals surface area contributed by atoms with Crippen LogP contribution < -0.4 is 10.5 Å².